The zero-order valence-electron chi connectivity index (χ0n) is 16.8. The van der Waals surface area contributed by atoms with Gasteiger partial charge in [-0.3, -0.25) is 4.79 Å². The lowest BCUT2D eigenvalue weighted by Gasteiger charge is -2.08. The number of aromatic amines is 1. The Morgan fingerprint density at radius 2 is 1.84 bits per heavy atom. The van der Waals surface area contributed by atoms with Crippen LogP contribution in [0.25, 0.3) is 22.4 Å². The third kappa shape index (κ3) is 4.92. The van der Waals surface area contributed by atoms with Crippen molar-refractivity contribution < 1.29 is 14.3 Å². The minimum Gasteiger partial charge on any atom is -0.452 e. The molecule has 0 aliphatic heterocycles. The van der Waals surface area contributed by atoms with Gasteiger partial charge in [-0.25, -0.2) is 9.78 Å². The summed E-state index contributed by atoms with van der Waals surface area (Å²) in [7, 11) is 0. The van der Waals surface area contributed by atoms with Gasteiger partial charge in [0.05, 0.1) is 16.6 Å². The van der Waals surface area contributed by atoms with Gasteiger partial charge >= 0.3 is 5.97 Å². The average molecular weight is 434 g/mol. The summed E-state index contributed by atoms with van der Waals surface area (Å²) in [6, 6.07) is 20.3. The molecule has 31 heavy (non-hydrogen) atoms. The number of aromatic nitrogens is 2. The highest BCUT2D eigenvalue weighted by Gasteiger charge is 2.13. The Morgan fingerprint density at radius 3 is 2.61 bits per heavy atom. The predicted molar refractivity (Wildman–Crippen MR) is 120 cm³/mol. The molecule has 0 bridgehead atoms. The van der Waals surface area contributed by atoms with Crippen LogP contribution in [0.5, 0.6) is 0 Å². The van der Waals surface area contributed by atoms with Crippen molar-refractivity contribution in [1.29, 1.82) is 0 Å². The van der Waals surface area contributed by atoms with E-state index in [0.29, 0.717) is 16.1 Å². The lowest BCUT2D eigenvalue weighted by molar-refractivity contribution is -0.124. The number of imidazole rings is 1. The van der Waals surface area contributed by atoms with Crippen LogP contribution >= 0.6 is 11.6 Å². The van der Waals surface area contributed by atoms with E-state index >= 15 is 0 Å². The quantitative estimate of drug-likeness (QED) is 0.433. The van der Waals surface area contributed by atoms with Crippen molar-refractivity contribution in [2.75, 3.05) is 6.61 Å². The maximum absolute atomic E-state index is 12.4. The maximum atomic E-state index is 12.4. The van der Waals surface area contributed by atoms with E-state index in [1.54, 1.807) is 24.3 Å². The molecule has 2 N–H and O–H groups in total. The molecule has 1 amide bonds. The molecule has 0 aliphatic carbocycles. The van der Waals surface area contributed by atoms with Gasteiger partial charge in [-0.2, -0.15) is 0 Å². The SMILES string of the molecule is Cc1ccc(-c2nc3ccc(C(=O)OCC(=O)NCc4ccccc4Cl)cc3[nH]2)cc1. The molecule has 1 heterocycles. The zero-order valence-corrected chi connectivity index (χ0v) is 17.6. The second-order valence-corrected chi connectivity index (χ2v) is 7.53. The molecule has 6 nitrogen and oxygen atoms in total. The smallest absolute Gasteiger partial charge is 0.338 e. The molecular weight excluding hydrogens is 414 g/mol. The van der Waals surface area contributed by atoms with Gasteiger partial charge in [-0.1, -0.05) is 59.6 Å². The Kier molecular flexibility index (Phi) is 6.00. The van der Waals surface area contributed by atoms with Crippen LogP contribution in [0, 0.1) is 6.92 Å². The summed E-state index contributed by atoms with van der Waals surface area (Å²) in [6.45, 7) is 1.91. The fourth-order valence-corrected chi connectivity index (χ4v) is 3.29. The predicted octanol–water partition coefficient (Wildman–Crippen LogP) is 4.66. The first-order valence-electron chi connectivity index (χ1n) is 9.73. The third-order valence-corrected chi connectivity index (χ3v) is 5.18. The number of fused-ring (bicyclic) bond motifs is 1. The van der Waals surface area contributed by atoms with Gasteiger partial charge in [0, 0.05) is 17.1 Å². The number of hydrogen-bond donors (Lipinski definition) is 2. The number of aryl methyl sites for hydroxylation is 1. The van der Waals surface area contributed by atoms with Crippen LogP contribution in [0.1, 0.15) is 21.5 Å². The first-order valence-corrected chi connectivity index (χ1v) is 10.1. The normalized spacial score (nSPS) is 10.8. The van der Waals surface area contributed by atoms with Crippen molar-refractivity contribution in [3.8, 4) is 11.4 Å². The second kappa shape index (κ2) is 9.02. The van der Waals surface area contributed by atoms with Gasteiger partial charge in [-0.15, -0.1) is 0 Å². The largest absolute Gasteiger partial charge is 0.452 e. The molecule has 0 unspecified atom stereocenters. The van der Waals surface area contributed by atoms with E-state index in [4.69, 9.17) is 16.3 Å². The Morgan fingerprint density at radius 1 is 1.06 bits per heavy atom. The van der Waals surface area contributed by atoms with E-state index in [1.165, 1.54) is 5.56 Å². The molecule has 0 saturated heterocycles. The maximum Gasteiger partial charge on any atom is 0.338 e. The third-order valence-electron chi connectivity index (χ3n) is 4.81. The summed E-state index contributed by atoms with van der Waals surface area (Å²) in [5.74, 6) is -0.265. The van der Waals surface area contributed by atoms with E-state index in [1.807, 2.05) is 49.4 Å². The number of carbonyl (C=O) groups is 2. The molecule has 3 aromatic carbocycles. The molecule has 156 valence electrons. The number of ether oxygens (including phenoxy) is 1. The lowest BCUT2D eigenvalue weighted by Crippen LogP contribution is -2.28. The number of halogens is 1. The Bertz CT molecular complexity index is 1250. The van der Waals surface area contributed by atoms with Crippen LogP contribution in [0.15, 0.2) is 66.7 Å². The topological polar surface area (TPSA) is 84.1 Å². The van der Waals surface area contributed by atoms with E-state index in [-0.39, 0.29) is 13.2 Å². The van der Waals surface area contributed by atoms with Crippen LogP contribution in [-0.4, -0.2) is 28.5 Å². The van der Waals surface area contributed by atoms with Gasteiger partial charge < -0.3 is 15.0 Å². The summed E-state index contributed by atoms with van der Waals surface area (Å²) in [4.78, 5) is 32.2. The molecule has 1 aromatic heterocycles. The van der Waals surface area contributed by atoms with Crippen LogP contribution in [-0.2, 0) is 16.1 Å². The molecule has 0 saturated carbocycles. The van der Waals surface area contributed by atoms with E-state index < -0.39 is 11.9 Å². The number of rotatable bonds is 6. The fourth-order valence-electron chi connectivity index (χ4n) is 3.09. The van der Waals surface area contributed by atoms with Crippen molar-refractivity contribution in [3.05, 3.63) is 88.4 Å². The van der Waals surface area contributed by atoms with Crippen molar-refractivity contribution in [2.45, 2.75) is 13.5 Å². The van der Waals surface area contributed by atoms with Crippen LogP contribution < -0.4 is 5.32 Å². The minimum absolute atomic E-state index is 0.262. The first-order chi connectivity index (χ1) is 15.0. The molecule has 0 aliphatic rings. The highest BCUT2D eigenvalue weighted by molar-refractivity contribution is 6.31. The van der Waals surface area contributed by atoms with Crippen molar-refractivity contribution in [3.63, 3.8) is 0 Å². The number of nitrogens with one attached hydrogen (secondary N) is 2. The summed E-state index contributed by atoms with van der Waals surface area (Å²) in [5.41, 5.74) is 4.71. The molecule has 4 rings (SSSR count). The number of esters is 1. The number of H-pyrrole nitrogens is 1. The van der Waals surface area contributed by atoms with E-state index in [2.05, 4.69) is 15.3 Å². The minimum atomic E-state index is -0.582. The summed E-state index contributed by atoms with van der Waals surface area (Å²) in [6.07, 6.45) is 0. The van der Waals surface area contributed by atoms with Gasteiger partial charge in [0.1, 0.15) is 5.82 Å². The molecule has 0 radical (unpaired) electrons. The number of nitrogens with zero attached hydrogens (tertiary/aromatic N) is 1. The molecular formula is C24H20ClN3O3. The standard InChI is InChI=1S/C24H20ClN3O3/c1-15-6-8-16(9-7-15)23-27-20-11-10-17(12-21(20)28-23)24(30)31-14-22(29)26-13-18-4-2-3-5-19(18)25/h2-12H,13-14H2,1H3,(H,26,29)(H,27,28). The molecule has 7 heteroatoms. The highest BCUT2D eigenvalue weighted by Crippen LogP contribution is 2.22. The van der Waals surface area contributed by atoms with Crippen LogP contribution in [0.4, 0.5) is 0 Å². The van der Waals surface area contributed by atoms with Crippen molar-refractivity contribution in [2.24, 2.45) is 0 Å². The molecule has 0 atom stereocenters. The lowest BCUT2D eigenvalue weighted by atomic mass is 10.1. The van der Waals surface area contributed by atoms with E-state index in [0.717, 1.165) is 22.5 Å². The van der Waals surface area contributed by atoms with Gasteiger partial charge in [0.25, 0.3) is 5.91 Å². The number of hydrogen-bond acceptors (Lipinski definition) is 4. The Balaban J connectivity index is 1.38. The van der Waals surface area contributed by atoms with Crippen molar-refractivity contribution in [1.82, 2.24) is 15.3 Å². The van der Waals surface area contributed by atoms with Crippen LogP contribution in [0.2, 0.25) is 5.02 Å². The monoisotopic (exact) mass is 433 g/mol. The first kappa shape index (κ1) is 20.6. The molecule has 0 fully saturated rings. The number of benzene rings is 3. The summed E-state index contributed by atoms with van der Waals surface area (Å²) < 4.78 is 5.14. The Labute approximate surface area is 184 Å². The van der Waals surface area contributed by atoms with Crippen molar-refractivity contribution >= 4 is 34.5 Å². The van der Waals surface area contributed by atoms with Gasteiger partial charge in [0.2, 0.25) is 0 Å². The van der Waals surface area contributed by atoms with E-state index in [9.17, 15) is 9.59 Å². The molecule has 4 aromatic rings. The highest BCUT2D eigenvalue weighted by atomic mass is 35.5. The zero-order chi connectivity index (χ0) is 21.8. The second-order valence-electron chi connectivity index (χ2n) is 7.13. The number of amides is 1. The summed E-state index contributed by atoms with van der Waals surface area (Å²) >= 11 is 6.07. The average Bonchev–Trinajstić information content (AvgIpc) is 3.20. The van der Waals surface area contributed by atoms with Gasteiger partial charge in [-0.05, 0) is 36.8 Å². The Hall–Kier alpha value is -3.64. The molecule has 0 spiro atoms. The van der Waals surface area contributed by atoms with Crippen LogP contribution in [0.3, 0.4) is 0 Å². The van der Waals surface area contributed by atoms with Gasteiger partial charge in [0.15, 0.2) is 6.61 Å². The number of carbonyl (C=O) groups excluding carboxylic acids is 2. The fraction of sp³-hybridized carbons (Fsp3) is 0.125. The summed E-state index contributed by atoms with van der Waals surface area (Å²) in [5, 5.41) is 3.25.